The van der Waals surface area contributed by atoms with E-state index >= 15 is 0 Å². The molecule has 5 heteroatoms. The summed E-state index contributed by atoms with van der Waals surface area (Å²) in [6, 6.07) is 7.14. The van der Waals surface area contributed by atoms with Crippen LogP contribution in [0.4, 0.5) is 4.79 Å². The van der Waals surface area contributed by atoms with Crippen LogP contribution in [0, 0.1) is 0 Å². The zero-order valence-corrected chi connectivity index (χ0v) is 12.9. The number of Topliss-reactive ketones (excluding diaryl/α,β-unsaturated/α-hetero) is 1. The van der Waals surface area contributed by atoms with Gasteiger partial charge in [-0.05, 0) is 39.8 Å². The van der Waals surface area contributed by atoms with E-state index in [2.05, 4.69) is 0 Å². The Labute approximate surface area is 124 Å². The Morgan fingerprint density at radius 2 is 1.81 bits per heavy atom. The van der Waals surface area contributed by atoms with E-state index in [1.165, 1.54) is 6.92 Å². The third kappa shape index (κ3) is 3.97. The van der Waals surface area contributed by atoms with Crippen LogP contribution >= 0.6 is 0 Å². The molecule has 1 aromatic carbocycles. The van der Waals surface area contributed by atoms with Crippen molar-refractivity contribution in [3.05, 3.63) is 29.8 Å². The largest absolute Gasteiger partial charge is 0.486 e. The number of carbonyl (C=O) groups is 2. The number of rotatable bonds is 3. The van der Waals surface area contributed by atoms with Crippen LogP contribution < -0.4 is 4.74 Å². The van der Waals surface area contributed by atoms with Crippen molar-refractivity contribution in [1.82, 2.24) is 4.90 Å². The van der Waals surface area contributed by atoms with Gasteiger partial charge < -0.3 is 14.4 Å². The van der Waals surface area contributed by atoms with E-state index < -0.39 is 5.60 Å². The van der Waals surface area contributed by atoms with Crippen molar-refractivity contribution in [1.29, 1.82) is 0 Å². The second-order valence-corrected chi connectivity index (χ2v) is 6.18. The molecule has 1 saturated heterocycles. The second kappa shape index (κ2) is 5.76. The fraction of sp³-hybridized carbons (Fsp3) is 0.500. The first-order chi connectivity index (χ1) is 9.76. The summed E-state index contributed by atoms with van der Waals surface area (Å²) in [5.74, 6) is 0.535. The van der Waals surface area contributed by atoms with Crippen molar-refractivity contribution in [2.75, 3.05) is 13.1 Å². The highest BCUT2D eigenvalue weighted by Crippen LogP contribution is 2.24. The number of benzene rings is 1. The number of para-hydroxylation sites is 1. The number of likely N-dealkylation sites (tertiary alicyclic amines) is 1. The maximum atomic E-state index is 11.8. The lowest BCUT2D eigenvalue weighted by Gasteiger charge is -2.39. The quantitative estimate of drug-likeness (QED) is 0.804. The molecule has 0 radical (unpaired) electrons. The number of amides is 1. The fourth-order valence-corrected chi connectivity index (χ4v) is 2.03. The van der Waals surface area contributed by atoms with Crippen LogP contribution in [0.15, 0.2) is 24.3 Å². The average Bonchev–Trinajstić information content (AvgIpc) is 2.31. The molecule has 1 amide bonds. The summed E-state index contributed by atoms with van der Waals surface area (Å²) in [7, 11) is 0. The maximum Gasteiger partial charge on any atom is 0.410 e. The first-order valence-electron chi connectivity index (χ1n) is 7.01. The van der Waals surface area contributed by atoms with Gasteiger partial charge in [-0.15, -0.1) is 0 Å². The van der Waals surface area contributed by atoms with Crippen molar-refractivity contribution < 1.29 is 19.1 Å². The summed E-state index contributed by atoms with van der Waals surface area (Å²) in [6.07, 6.45) is -0.430. The first kappa shape index (κ1) is 15.4. The molecule has 0 aromatic heterocycles. The number of ether oxygens (including phenoxy) is 2. The normalized spacial score (nSPS) is 15.3. The third-order valence-corrected chi connectivity index (χ3v) is 3.06. The van der Waals surface area contributed by atoms with Crippen LogP contribution in [0.25, 0.3) is 0 Å². The predicted octanol–water partition coefficient (Wildman–Crippen LogP) is 2.89. The molecular formula is C16H21NO4. The molecular weight excluding hydrogens is 270 g/mol. The van der Waals surface area contributed by atoms with Crippen molar-refractivity contribution in [2.24, 2.45) is 0 Å². The Balaban J connectivity index is 1.89. The van der Waals surface area contributed by atoms with Gasteiger partial charge in [-0.25, -0.2) is 4.79 Å². The molecule has 1 aliphatic heterocycles. The van der Waals surface area contributed by atoms with Gasteiger partial charge in [0.25, 0.3) is 0 Å². The topological polar surface area (TPSA) is 55.8 Å². The van der Waals surface area contributed by atoms with E-state index in [9.17, 15) is 9.59 Å². The van der Waals surface area contributed by atoms with Gasteiger partial charge in [0.05, 0.1) is 18.7 Å². The van der Waals surface area contributed by atoms with E-state index in [1.807, 2.05) is 26.8 Å². The minimum absolute atomic E-state index is 0.0334. The average molecular weight is 291 g/mol. The Morgan fingerprint density at radius 1 is 1.19 bits per heavy atom. The number of nitrogens with zero attached hydrogens (tertiary/aromatic N) is 1. The summed E-state index contributed by atoms with van der Waals surface area (Å²) in [5.41, 5.74) is 0.0674. The van der Waals surface area contributed by atoms with Crippen LogP contribution in [-0.2, 0) is 4.74 Å². The molecule has 21 heavy (non-hydrogen) atoms. The van der Waals surface area contributed by atoms with Crippen molar-refractivity contribution in [2.45, 2.75) is 39.4 Å². The summed E-state index contributed by atoms with van der Waals surface area (Å²) in [5, 5.41) is 0. The van der Waals surface area contributed by atoms with Crippen LogP contribution in [0.1, 0.15) is 38.1 Å². The second-order valence-electron chi connectivity index (χ2n) is 6.18. The number of hydrogen-bond acceptors (Lipinski definition) is 4. The van der Waals surface area contributed by atoms with Gasteiger partial charge in [-0.2, -0.15) is 0 Å². The molecule has 1 aliphatic rings. The molecule has 114 valence electrons. The Bertz CT molecular complexity index is 541. The van der Waals surface area contributed by atoms with E-state index in [-0.39, 0.29) is 18.0 Å². The number of carbonyl (C=O) groups excluding carboxylic acids is 2. The van der Waals surface area contributed by atoms with Crippen molar-refractivity contribution in [3.8, 4) is 5.75 Å². The van der Waals surface area contributed by atoms with E-state index in [0.29, 0.717) is 24.4 Å². The Morgan fingerprint density at radius 3 is 2.38 bits per heavy atom. The molecule has 0 unspecified atom stereocenters. The third-order valence-electron chi connectivity index (χ3n) is 3.06. The molecule has 0 bridgehead atoms. The van der Waals surface area contributed by atoms with Gasteiger partial charge in [0.1, 0.15) is 17.5 Å². The molecule has 5 nitrogen and oxygen atoms in total. The minimum atomic E-state index is -0.496. The highest BCUT2D eigenvalue weighted by molar-refractivity contribution is 5.96. The molecule has 1 fully saturated rings. The molecule has 0 aliphatic carbocycles. The molecule has 2 rings (SSSR count). The molecule has 0 N–H and O–H groups in total. The van der Waals surface area contributed by atoms with Gasteiger partial charge in [0.2, 0.25) is 0 Å². The lowest BCUT2D eigenvalue weighted by atomic mass is 10.1. The monoisotopic (exact) mass is 291 g/mol. The minimum Gasteiger partial charge on any atom is -0.486 e. The maximum absolute atomic E-state index is 11.8. The summed E-state index contributed by atoms with van der Waals surface area (Å²) in [4.78, 5) is 24.9. The summed E-state index contributed by atoms with van der Waals surface area (Å²) < 4.78 is 11.1. The first-order valence-corrected chi connectivity index (χ1v) is 7.01. The standard InChI is InChI=1S/C16H21NO4/c1-11(18)13-7-5-6-8-14(13)20-12-9-17(10-12)15(19)21-16(2,3)4/h5-8,12H,9-10H2,1-4H3. The number of hydrogen-bond donors (Lipinski definition) is 0. The van der Waals surface area contributed by atoms with Gasteiger partial charge in [0.15, 0.2) is 5.78 Å². The highest BCUT2D eigenvalue weighted by atomic mass is 16.6. The molecule has 0 atom stereocenters. The van der Waals surface area contributed by atoms with Gasteiger partial charge in [0, 0.05) is 0 Å². The van der Waals surface area contributed by atoms with E-state index in [0.717, 1.165) is 0 Å². The number of ketones is 1. The Kier molecular flexibility index (Phi) is 4.21. The van der Waals surface area contributed by atoms with E-state index in [4.69, 9.17) is 9.47 Å². The van der Waals surface area contributed by atoms with Crippen LogP contribution in [-0.4, -0.2) is 41.6 Å². The SMILES string of the molecule is CC(=O)c1ccccc1OC1CN(C(=O)OC(C)(C)C)C1. The smallest absolute Gasteiger partial charge is 0.410 e. The molecule has 0 spiro atoms. The van der Waals surface area contributed by atoms with Crippen LogP contribution in [0.2, 0.25) is 0 Å². The summed E-state index contributed by atoms with van der Waals surface area (Å²) in [6.45, 7) is 7.96. The van der Waals surface area contributed by atoms with E-state index in [1.54, 1.807) is 23.1 Å². The zero-order chi connectivity index (χ0) is 15.6. The van der Waals surface area contributed by atoms with Crippen LogP contribution in [0.5, 0.6) is 5.75 Å². The highest BCUT2D eigenvalue weighted by Gasteiger charge is 2.35. The van der Waals surface area contributed by atoms with Gasteiger partial charge in [-0.1, -0.05) is 12.1 Å². The van der Waals surface area contributed by atoms with Gasteiger partial charge in [-0.3, -0.25) is 4.79 Å². The lowest BCUT2D eigenvalue weighted by Crippen LogP contribution is -2.57. The lowest BCUT2D eigenvalue weighted by molar-refractivity contribution is -0.0223. The zero-order valence-electron chi connectivity index (χ0n) is 12.9. The Hall–Kier alpha value is -2.04. The summed E-state index contributed by atoms with van der Waals surface area (Å²) >= 11 is 0. The van der Waals surface area contributed by atoms with Crippen molar-refractivity contribution in [3.63, 3.8) is 0 Å². The molecule has 1 aromatic rings. The fourth-order valence-electron chi connectivity index (χ4n) is 2.03. The predicted molar refractivity (Wildman–Crippen MR) is 78.7 cm³/mol. The molecule has 1 heterocycles. The molecule has 0 saturated carbocycles. The van der Waals surface area contributed by atoms with Gasteiger partial charge >= 0.3 is 6.09 Å². The van der Waals surface area contributed by atoms with Crippen LogP contribution in [0.3, 0.4) is 0 Å². The van der Waals surface area contributed by atoms with Crippen molar-refractivity contribution >= 4 is 11.9 Å².